The molecule has 13 aromatic rings. The number of hydrogen-bond donors (Lipinski definition) is 0. The van der Waals surface area contributed by atoms with Gasteiger partial charge in [0.25, 0.3) is 0 Å². The van der Waals surface area contributed by atoms with E-state index in [2.05, 4.69) is 428 Å². The first-order valence-corrected chi connectivity index (χ1v) is 35.5. The molecule has 0 bridgehead atoms. The highest BCUT2D eigenvalue weighted by atomic mass is 16.5. The van der Waals surface area contributed by atoms with Crippen molar-refractivity contribution in [2.75, 3.05) is 29.4 Å². The number of rotatable bonds is 14. The third-order valence-corrected chi connectivity index (χ3v) is 19.5. The summed E-state index contributed by atoms with van der Waals surface area (Å²) >= 11 is 0. The second-order valence-electron chi connectivity index (χ2n) is 30.9. The molecule has 0 saturated carbocycles. The summed E-state index contributed by atoms with van der Waals surface area (Å²) in [5.41, 5.74) is 21.8. The van der Waals surface area contributed by atoms with E-state index in [1.54, 1.807) is 0 Å². The molecule has 8 nitrogen and oxygen atoms in total. The maximum Gasteiger partial charge on any atom is 0.151 e. The van der Waals surface area contributed by atoms with Gasteiger partial charge in [-0.1, -0.05) is 223 Å². The summed E-state index contributed by atoms with van der Waals surface area (Å²) in [6.45, 7) is 27.1. The lowest BCUT2D eigenvalue weighted by Crippen LogP contribution is -2.20. The summed E-state index contributed by atoms with van der Waals surface area (Å²) in [4.78, 5) is 14.4. The molecule has 2 heterocycles. The van der Waals surface area contributed by atoms with E-state index in [0.717, 1.165) is 125 Å². The minimum atomic E-state index is -0.124. The molecular weight excluding hydrogens is 1250 g/mol. The van der Waals surface area contributed by atoms with Crippen LogP contribution in [0.2, 0.25) is 0 Å². The van der Waals surface area contributed by atoms with Crippen LogP contribution in [-0.4, -0.2) is 0 Å². The minimum absolute atomic E-state index is 0.124. The van der Waals surface area contributed by atoms with E-state index >= 15 is 0 Å². The Morgan fingerprint density at radius 3 is 0.608 bits per heavy atom. The predicted molar refractivity (Wildman–Crippen MR) is 429 cm³/mol. The van der Waals surface area contributed by atoms with Gasteiger partial charge in [0.05, 0.1) is 56.9 Å². The molecule has 0 fully saturated rings. The molecule has 506 valence electrons. The van der Waals surface area contributed by atoms with Crippen molar-refractivity contribution in [2.45, 2.75) is 105 Å². The highest BCUT2D eigenvalue weighted by Crippen LogP contribution is 2.57. The number of nitrogens with zero attached hydrogens (tertiary/aromatic N) is 6. The predicted octanol–water partition coefficient (Wildman–Crippen LogP) is 27.9. The third kappa shape index (κ3) is 13.1. The maximum atomic E-state index is 7.13. The summed E-state index contributed by atoms with van der Waals surface area (Å²) in [6, 6.07) is 115. The van der Waals surface area contributed by atoms with Gasteiger partial charge in [-0.05, 0) is 220 Å². The standard InChI is InChI=1S/C94H88N6O2/c1-91(2,3)65-46-50-83-87(54-65)101-88-55-66(92(4,5)6)47-51-84(88)99(83)81-61-77(95(69-32-19-13-20-33-69)70-34-21-14-22-35-70)59-79(63-81)97(73-40-27-17-28-41-73)75-44-31-45-76(58-75)98(74-42-29-18-30-43-74)80-60-78(96(71-36-23-15-24-37-71)72-38-25-16-26-39-72)62-82(64-80)100-85-52-48-67(93(7,8)9)56-89(85)102-90-57-68(94(10,11)12)49-53-86(90)100/h13-64H,1-12H3. The van der Waals surface area contributed by atoms with Gasteiger partial charge in [-0.2, -0.15) is 0 Å². The van der Waals surface area contributed by atoms with Crippen LogP contribution in [0.25, 0.3) is 0 Å². The second-order valence-corrected chi connectivity index (χ2v) is 30.9. The molecule has 0 saturated heterocycles. The summed E-state index contributed by atoms with van der Waals surface area (Å²) in [6.07, 6.45) is 0. The van der Waals surface area contributed by atoms with Gasteiger partial charge in [0.1, 0.15) is 0 Å². The molecule has 0 aromatic heterocycles. The van der Waals surface area contributed by atoms with E-state index in [-0.39, 0.29) is 21.7 Å². The lowest BCUT2D eigenvalue weighted by Gasteiger charge is -2.37. The number of para-hydroxylation sites is 6. The van der Waals surface area contributed by atoms with E-state index in [1.165, 1.54) is 22.3 Å². The Balaban J connectivity index is 0.978. The summed E-state index contributed by atoms with van der Waals surface area (Å²) in [5.74, 6) is 3.22. The first-order valence-electron chi connectivity index (χ1n) is 35.5. The van der Waals surface area contributed by atoms with Gasteiger partial charge < -0.3 is 38.9 Å². The van der Waals surface area contributed by atoms with Crippen LogP contribution >= 0.6 is 0 Å². The quantitative estimate of drug-likeness (QED) is 0.107. The monoisotopic (exact) mass is 1330 g/mol. The smallest absolute Gasteiger partial charge is 0.151 e. The second kappa shape index (κ2) is 26.4. The van der Waals surface area contributed by atoms with E-state index in [1.807, 2.05) is 0 Å². The molecule has 2 aliphatic rings. The molecule has 0 amide bonds. The SMILES string of the molecule is CC(C)(C)c1ccc2c(c1)Oc1cc(C(C)(C)C)ccc1N2c1cc(N(c2ccccc2)c2ccccc2)cc(N(c2ccccc2)c2cccc(N(c3ccccc3)c3cc(N(c4ccccc4)c4ccccc4)cc(N4c5ccc(C(C)(C)C)cc5Oc5cc(C(C)(C)C)ccc54)c3)c2)c1. The number of hydrogen-bond acceptors (Lipinski definition) is 8. The van der Waals surface area contributed by atoms with Crippen molar-refractivity contribution in [3.05, 3.63) is 338 Å². The summed E-state index contributed by atoms with van der Waals surface area (Å²) < 4.78 is 14.3. The zero-order valence-electron chi connectivity index (χ0n) is 60.5. The largest absolute Gasteiger partial charge is 0.453 e. The highest BCUT2D eigenvalue weighted by Gasteiger charge is 2.34. The van der Waals surface area contributed by atoms with Gasteiger partial charge in [-0.3, -0.25) is 0 Å². The molecule has 0 N–H and O–H groups in total. The molecule has 2 aliphatic heterocycles. The molecule has 8 heteroatoms. The lowest BCUT2D eigenvalue weighted by molar-refractivity contribution is 0.469. The molecule has 0 spiro atoms. The molecule has 13 aromatic carbocycles. The van der Waals surface area contributed by atoms with Gasteiger partial charge >= 0.3 is 0 Å². The minimum Gasteiger partial charge on any atom is -0.453 e. The van der Waals surface area contributed by atoms with Crippen molar-refractivity contribution >= 4 is 102 Å². The fourth-order valence-corrected chi connectivity index (χ4v) is 14.0. The van der Waals surface area contributed by atoms with Crippen LogP contribution in [0.1, 0.15) is 105 Å². The van der Waals surface area contributed by atoms with Crippen molar-refractivity contribution in [3.8, 4) is 23.0 Å². The van der Waals surface area contributed by atoms with Crippen LogP contribution in [0.15, 0.2) is 315 Å². The van der Waals surface area contributed by atoms with Gasteiger partial charge in [0.15, 0.2) is 23.0 Å². The molecule has 102 heavy (non-hydrogen) atoms. The first-order chi connectivity index (χ1) is 49.1. The lowest BCUT2D eigenvalue weighted by atomic mass is 9.86. The Labute approximate surface area is 603 Å². The number of fused-ring (bicyclic) bond motifs is 4. The van der Waals surface area contributed by atoms with Crippen LogP contribution in [0.4, 0.5) is 102 Å². The van der Waals surface area contributed by atoms with Gasteiger partial charge in [-0.15, -0.1) is 0 Å². The third-order valence-electron chi connectivity index (χ3n) is 19.5. The first kappa shape index (κ1) is 66.2. The van der Waals surface area contributed by atoms with Crippen molar-refractivity contribution in [1.82, 2.24) is 0 Å². The van der Waals surface area contributed by atoms with Crippen molar-refractivity contribution in [1.29, 1.82) is 0 Å². The molecule has 0 radical (unpaired) electrons. The van der Waals surface area contributed by atoms with Crippen LogP contribution in [-0.2, 0) is 21.7 Å². The Morgan fingerprint density at radius 1 is 0.196 bits per heavy atom. The van der Waals surface area contributed by atoms with Crippen LogP contribution in [0, 0.1) is 0 Å². The van der Waals surface area contributed by atoms with Crippen LogP contribution < -0.4 is 38.9 Å². The average molecular weight is 1330 g/mol. The fourth-order valence-electron chi connectivity index (χ4n) is 14.0. The Morgan fingerprint density at radius 2 is 0.392 bits per heavy atom. The number of ether oxygens (including phenoxy) is 2. The van der Waals surface area contributed by atoms with E-state index in [0.29, 0.717) is 0 Å². The Kier molecular flexibility index (Phi) is 17.1. The average Bonchev–Trinajstić information content (AvgIpc) is 0.744. The maximum absolute atomic E-state index is 7.13. The zero-order valence-corrected chi connectivity index (χ0v) is 60.5. The van der Waals surface area contributed by atoms with Gasteiger partial charge in [0, 0.05) is 45.5 Å². The normalized spacial score (nSPS) is 12.6. The fraction of sp³-hybridized carbons (Fsp3) is 0.170. The summed E-state index contributed by atoms with van der Waals surface area (Å²) in [7, 11) is 0. The zero-order chi connectivity index (χ0) is 70.7. The van der Waals surface area contributed by atoms with Crippen molar-refractivity contribution in [3.63, 3.8) is 0 Å². The molecule has 0 atom stereocenters. The number of benzene rings is 13. The highest BCUT2D eigenvalue weighted by molar-refractivity contribution is 5.96. The van der Waals surface area contributed by atoms with Gasteiger partial charge in [0.2, 0.25) is 0 Å². The van der Waals surface area contributed by atoms with E-state index in [4.69, 9.17) is 9.47 Å². The van der Waals surface area contributed by atoms with Crippen LogP contribution in [0.5, 0.6) is 23.0 Å². The molecular formula is C94H88N6O2. The molecule has 15 rings (SSSR count). The topological polar surface area (TPSA) is 37.9 Å². The Hall–Kier alpha value is -11.7. The number of anilines is 18. The van der Waals surface area contributed by atoms with E-state index in [9.17, 15) is 0 Å². The van der Waals surface area contributed by atoms with Gasteiger partial charge in [-0.25, -0.2) is 0 Å². The molecule has 0 unspecified atom stereocenters. The van der Waals surface area contributed by atoms with Crippen molar-refractivity contribution < 1.29 is 9.47 Å². The van der Waals surface area contributed by atoms with Crippen molar-refractivity contribution in [2.24, 2.45) is 0 Å². The van der Waals surface area contributed by atoms with Crippen LogP contribution in [0.3, 0.4) is 0 Å². The van der Waals surface area contributed by atoms with E-state index < -0.39 is 0 Å². The summed E-state index contributed by atoms with van der Waals surface area (Å²) in [5, 5.41) is 0. The Bertz CT molecular complexity index is 4640. The molecule has 0 aliphatic carbocycles.